The third-order valence-corrected chi connectivity index (χ3v) is 5.24. The van der Waals surface area contributed by atoms with Crippen LogP contribution in [0.15, 0.2) is 103 Å². The molecular formula is C26H20N2O. The molecular weight excluding hydrogens is 356 g/mol. The molecule has 0 saturated carbocycles. The molecule has 0 bridgehead atoms. The Kier molecular flexibility index (Phi) is 4.34. The molecule has 0 aliphatic rings. The normalized spacial score (nSPS) is 11.0. The minimum Gasteiger partial charge on any atom is -0.507 e. The van der Waals surface area contributed by atoms with E-state index in [9.17, 15) is 5.11 Å². The minimum atomic E-state index is 0.306. The molecule has 1 N–H and O–H groups in total. The SMILES string of the molecule is Oc1c(Cn2ccc(-c3ccccc3)n2)cccc1-c1cccc2ccccc12. The lowest BCUT2D eigenvalue weighted by molar-refractivity contribution is 0.466. The van der Waals surface area contributed by atoms with E-state index in [4.69, 9.17) is 0 Å². The van der Waals surface area contributed by atoms with Crippen molar-refractivity contribution in [2.75, 3.05) is 0 Å². The average Bonchev–Trinajstić information content (AvgIpc) is 3.24. The first-order valence-corrected chi connectivity index (χ1v) is 9.67. The lowest BCUT2D eigenvalue weighted by Gasteiger charge is -2.12. The van der Waals surface area contributed by atoms with Crippen LogP contribution < -0.4 is 0 Å². The molecule has 0 unspecified atom stereocenters. The van der Waals surface area contributed by atoms with Gasteiger partial charge in [0.1, 0.15) is 5.75 Å². The first-order chi connectivity index (χ1) is 14.3. The first-order valence-electron chi connectivity index (χ1n) is 9.67. The number of phenols is 1. The third-order valence-electron chi connectivity index (χ3n) is 5.24. The zero-order chi connectivity index (χ0) is 19.6. The zero-order valence-electron chi connectivity index (χ0n) is 15.9. The molecule has 0 aliphatic carbocycles. The maximum absolute atomic E-state index is 11.0. The Hall–Kier alpha value is -3.85. The fourth-order valence-electron chi connectivity index (χ4n) is 3.78. The Morgan fingerprint density at radius 2 is 1.41 bits per heavy atom. The molecule has 0 fully saturated rings. The summed E-state index contributed by atoms with van der Waals surface area (Å²) in [6, 6.07) is 32.5. The number of rotatable bonds is 4. The molecule has 0 spiro atoms. The van der Waals surface area contributed by atoms with Gasteiger partial charge in [-0.1, -0.05) is 91.0 Å². The molecule has 4 aromatic carbocycles. The summed E-state index contributed by atoms with van der Waals surface area (Å²) in [5, 5.41) is 18.0. The molecule has 140 valence electrons. The molecule has 0 saturated heterocycles. The van der Waals surface area contributed by atoms with Gasteiger partial charge in [0.15, 0.2) is 0 Å². The van der Waals surface area contributed by atoms with Gasteiger partial charge >= 0.3 is 0 Å². The topological polar surface area (TPSA) is 38.0 Å². The molecule has 3 nitrogen and oxygen atoms in total. The van der Waals surface area contributed by atoms with Gasteiger partial charge in [-0.2, -0.15) is 5.10 Å². The number of aromatic hydroxyl groups is 1. The van der Waals surface area contributed by atoms with Gasteiger partial charge in [-0.05, 0) is 22.4 Å². The van der Waals surface area contributed by atoms with Crippen molar-refractivity contribution in [2.45, 2.75) is 6.54 Å². The highest BCUT2D eigenvalue weighted by molar-refractivity contribution is 5.98. The van der Waals surface area contributed by atoms with Crippen molar-refractivity contribution in [1.82, 2.24) is 9.78 Å². The lowest BCUT2D eigenvalue weighted by Crippen LogP contribution is -2.01. The summed E-state index contributed by atoms with van der Waals surface area (Å²) in [4.78, 5) is 0. The lowest BCUT2D eigenvalue weighted by atomic mass is 9.96. The van der Waals surface area contributed by atoms with Crippen LogP contribution in [-0.2, 0) is 6.54 Å². The van der Waals surface area contributed by atoms with Crippen LogP contribution in [0.1, 0.15) is 5.56 Å². The summed E-state index contributed by atoms with van der Waals surface area (Å²) in [5.74, 6) is 0.306. The summed E-state index contributed by atoms with van der Waals surface area (Å²) in [6.45, 7) is 0.511. The molecule has 5 rings (SSSR count). The van der Waals surface area contributed by atoms with Gasteiger partial charge in [0.2, 0.25) is 0 Å². The smallest absolute Gasteiger partial charge is 0.128 e. The van der Waals surface area contributed by atoms with E-state index in [1.54, 1.807) is 0 Å². The molecule has 0 amide bonds. The number of hydrogen-bond acceptors (Lipinski definition) is 2. The Morgan fingerprint density at radius 1 is 0.690 bits per heavy atom. The summed E-state index contributed by atoms with van der Waals surface area (Å²) in [5.41, 5.74) is 4.73. The van der Waals surface area contributed by atoms with E-state index >= 15 is 0 Å². The number of benzene rings is 4. The van der Waals surface area contributed by atoms with Crippen LogP contribution in [0.25, 0.3) is 33.2 Å². The molecule has 0 atom stereocenters. The predicted molar refractivity (Wildman–Crippen MR) is 118 cm³/mol. The van der Waals surface area contributed by atoms with Gasteiger partial charge in [-0.3, -0.25) is 4.68 Å². The first kappa shape index (κ1) is 17.3. The number of aromatic nitrogens is 2. The van der Waals surface area contributed by atoms with E-state index in [1.807, 2.05) is 83.7 Å². The van der Waals surface area contributed by atoms with Crippen molar-refractivity contribution in [3.8, 4) is 28.1 Å². The Bertz CT molecular complexity index is 1280. The highest BCUT2D eigenvalue weighted by Crippen LogP contribution is 2.36. The number of phenolic OH excluding ortho intramolecular Hbond substituents is 1. The minimum absolute atomic E-state index is 0.306. The van der Waals surface area contributed by atoms with Crippen molar-refractivity contribution >= 4 is 10.8 Å². The highest BCUT2D eigenvalue weighted by atomic mass is 16.3. The fraction of sp³-hybridized carbons (Fsp3) is 0.0385. The summed E-state index contributed by atoms with van der Waals surface area (Å²) in [7, 11) is 0. The monoisotopic (exact) mass is 376 g/mol. The van der Waals surface area contributed by atoms with Crippen molar-refractivity contribution in [2.24, 2.45) is 0 Å². The molecule has 5 aromatic rings. The van der Waals surface area contributed by atoms with Gasteiger partial charge in [0.25, 0.3) is 0 Å². The second-order valence-electron chi connectivity index (χ2n) is 7.10. The Balaban J connectivity index is 1.51. The largest absolute Gasteiger partial charge is 0.507 e. The summed E-state index contributed by atoms with van der Waals surface area (Å²) in [6.07, 6.45) is 1.95. The quantitative estimate of drug-likeness (QED) is 0.410. The molecule has 1 aromatic heterocycles. The van der Waals surface area contributed by atoms with Crippen molar-refractivity contribution in [3.05, 3.63) is 109 Å². The zero-order valence-corrected chi connectivity index (χ0v) is 15.9. The van der Waals surface area contributed by atoms with Crippen LogP contribution in [0.4, 0.5) is 0 Å². The van der Waals surface area contributed by atoms with E-state index in [-0.39, 0.29) is 0 Å². The van der Waals surface area contributed by atoms with Crippen LogP contribution >= 0.6 is 0 Å². The summed E-state index contributed by atoms with van der Waals surface area (Å²) >= 11 is 0. The van der Waals surface area contributed by atoms with Gasteiger partial charge in [0, 0.05) is 22.9 Å². The molecule has 0 radical (unpaired) electrons. The maximum atomic E-state index is 11.0. The van der Waals surface area contributed by atoms with E-state index in [0.29, 0.717) is 12.3 Å². The van der Waals surface area contributed by atoms with Crippen molar-refractivity contribution in [1.29, 1.82) is 0 Å². The Morgan fingerprint density at radius 3 is 2.31 bits per heavy atom. The second-order valence-corrected chi connectivity index (χ2v) is 7.10. The van der Waals surface area contributed by atoms with E-state index in [0.717, 1.165) is 38.7 Å². The molecule has 0 aliphatic heterocycles. The molecule has 1 heterocycles. The van der Waals surface area contributed by atoms with Gasteiger partial charge in [0.05, 0.1) is 12.2 Å². The number of para-hydroxylation sites is 1. The maximum Gasteiger partial charge on any atom is 0.128 e. The number of fused-ring (bicyclic) bond motifs is 1. The van der Waals surface area contributed by atoms with Crippen LogP contribution in [0.5, 0.6) is 5.75 Å². The fourth-order valence-corrected chi connectivity index (χ4v) is 3.78. The van der Waals surface area contributed by atoms with Crippen LogP contribution in [0.3, 0.4) is 0 Å². The van der Waals surface area contributed by atoms with E-state index < -0.39 is 0 Å². The molecule has 29 heavy (non-hydrogen) atoms. The van der Waals surface area contributed by atoms with Crippen molar-refractivity contribution in [3.63, 3.8) is 0 Å². The van der Waals surface area contributed by atoms with E-state index in [1.165, 1.54) is 0 Å². The van der Waals surface area contributed by atoms with E-state index in [2.05, 4.69) is 29.4 Å². The van der Waals surface area contributed by atoms with Crippen molar-refractivity contribution < 1.29 is 5.11 Å². The van der Waals surface area contributed by atoms with Gasteiger partial charge in [-0.15, -0.1) is 0 Å². The molecule has 3 heteroatoms. The van der Waals surface area contributed by atoms with Crippen LogP contribution in [-0.4, -0.2) is 14.9 Å². The van der Waals surface area contributed by atoms with Gasteiger partial charge in [-0.25, -0.2) is 0 Å². The predicted octanol–water partition coefficient (Wildman–Crippen LogP) is 6.12. The standard InChI is InChI=1S/C26H20N2O/c29-26-21(18-28-17-16-25(27-28)20-9-2-1-3-10-20)12-7-15-24(26)23-14-6-11-19-8-4-5-13-22(19)23/h1-17,29H,18H2. The Labute approximate surface area is 169 Å². The second kappa shape index (κ2) is 7.28. The highest BCUT2D eigenvalue weighted by Gasteiger charge is 2.12. The third kappa shape index (κ3) is 3.27. The van der Waals surface area contributed by atoms with Crippen LogP contribution in [0.2, 0.25) is 0 Å². The average molecular weight is 376 g/mol. The van der Waals surface area contributed by atoms with Gasteiger partial charge < -0.3 is 5.11 Å². The number of hydrogen-bond donors (Lipinski definition) is 1. The summed E-state index contributed by atoms with van der Waals surface area (Å²) < 4.78 is 1.87. The van der Waals surface area contributed by atoms with Crippen LogP contribution in [0, 0.1) is 0 Å². The number of nitrogens with zero attached hydrogens (tertiary/aromatic N) is 2.